The van der Waals surface area contributed by atoms with Gasteiger partial charge in [-0.15, -0.1) is 0 Å². The first-order valence-corrected chi connectivity index (χ1v) is 8.53. The van der Waals surface area contributed by atoms with Gasteiger partial charge in [-0.3, -0.25) is 10.1 Å². The summed E-state index contributed by atoms with van der Waals surface area (Å²) in [6.45, 7) is 0. The van der Waals surface area contributed by atoms with Gasteiger partial charge in [-0.05, 0) is 47.5 Å². The van der Waals surface area contributed by atoms with Gasteiger partial charge >= 0.3 is 5.69 Å². The predicted octanol–water partition coefficient (Wildman–Crippen LogP) is 5.87. The van der Waals surface area contributed by atoms with E-state index in [1.807, 2.05) is 0 Å². The lowest BCUT2D eigenvalue weighted by molar-refractivity contribution is -0.385. The molecule has 0 radical (unpaired) electrons. The number of nitrogens with zero attached hydrogens (tertiary/aromatic N) is 2. The second-order valence-electron chi connectivity index (χ2n) is 5.97. The van der Waals surface area contributed by atoms with Crippen LogP contribution in [-0.4, -0.2) is 17.0 Å². The van der Waals surface area contributed by atoms with Crippen LogP contribution in [0.2, 0.25) is 5.02 Å². The summed E-state index contributed by atoms with van der Waals surface area (Å²) in [6.07, 6.45) is 0. The number of hydrogen-bond acceptors (Lipinski definition) is 5. The summed E-state index contributed by atoms with van der Waals surface area (Å²) in [6, 6.07) is 14.3. The summed E-state index contributed by atoms with van der Waals surface area (Å²) in [7, 11) is 1.37. The monoisotopic (exact) mass is 398 g/mol. The Kier molecular flexibility index (Phi) is 4.44. The van der Waals surface area contributed by atoms with Gasteiger partial charge in [0, 0.05) is 11.6 Å². The Balaban J connectivity index is 1.77. The molecule has 0 atom stereocenters. The minimum absolute atomic E-state index is 0.0315. The van der Waals surface area contributed by atoms with Gasteiger partial charge in [0.1, 0.15) is 11.3 Å². The lowest BCUT2D eigenvalue weighted by Crippen LogP contribution is -1.94. The molecule has 6 nitrogen and oxygen atoms in total. The van der Waals surface area contributed by atoms with Crippen molar-refractivity contribution in [1.82, 2.24) is 4.98 Å². The summed E-state index contributed by atoms with van der Waals surface area (Å²) in [5.41, 5.74) is 2.88. The van der Waals surface area contributed by atoms with E-state index >= 15 is 0 Å². The third-order valence-electron chi connectivity index (χ3n) is 4.26. The lowest BCUT2D eigenvalue weighted by Gasteiger charge is -2.02. The van der Waals surface area contributed by atoms with Crippen LogP contribution in [0.15, 0.2) is 59.0 Å². The third-order valence-corrected chi connectivity index (χ3v) is 4.55. The fourth-order valence-electron chi connectivity index (χ4n) is 2.87. The van der Waals surface area contributed by atoms with Crippen LogP contribution >= 0.6 is 11.6 Å². The molecule has 1 heterocycles. The lowest BCUT2D eigenvalue weighted by atomic mass is 10.1. The third kappa shape index (κ3) is 3.16. The summed E-state index contributed by atoms with van der Waals surface area (Å²) in [5.74, 6) is -0.0910. The molecule has 0 aliphatic heterocycles. The molecule has 3 aromatic carbocycles. The SMILES string of the molecule is COc1ccc(-c2nc3cc(-c4ccc(F)c(Cl)c4)ccc3o2)cc1[N+](=O)[O-]. The molecular weight excluding hydrogens is 387 g/mol. The summed E-state index contributed by atoms with van der Waals surface area (Å²) < 4.78 is 24.1. The summed E-state index contributed by atoms with van der Waals surface area (Å²) in [5, 5.41) is 11.3. The van der Waals surface area contributed by atoms with Crippen LogP contribution in [0.1, 0.15) is 0 Å². The summed E-state index contributed by atoms with van der Waals surface area (Å²) >= 11 is 5.86. The van der Waals surface area contributed by atoms with E-state index in [4.69, 9.17) is 20.8 Å². The zero-order valence-electron chi connectivity index (χ0n) is 14.5. The van der Waals surface area contributed by atoms with Crippen molar-refractivity contribution in [3.63, 3.8) is 0 Å². The molecule has 0 N–H and O–H groups in total. The van der Waals surface area contributed by atoms with Gasteiger partial charge in [0.15, 0.2) is 11.3 Å². The van der Waals surface area contributed by atoms with E-state index in [0.29, 0.717) is 16.7 Å². The standard InChI is InChI=1S/C20H12ClFN2O4/c1-27-19-7-4-13(10-17(19)24(25)26)20-23-16-9-12(3-6-18(16)28-20)11-2-5-15(22)14(21)8-11/h2-10H,1H3. The van der Waals surface area contributed by atoms with E-state index in [1.165, 1.54) is 31.4 Å². The van der Waals surface area contributed by atoms with Crippen molar-refractivity contribution in [3.05, 3.63) is 75.6 Å². The summed E-state index contributed by atoms with van der Waals surface area (Å²) in [4.78, 5) is 15.1. The van der Waals surface area contributed by atoms with E-state index in [0.717, 1.165) is 11.1 Å². The van der Waals surface area contributed by atoms with E-state index in [-0.39, 0.29) is 22.4 Å². The highest BCUT2D eigenvalue weighted by Crippen LogP contribution is 2.34. The average Bonchev–Trinajstić information content (AvgIpc) is 3.12. The maximum atomic E-state index is 13.4. The van der Waals surface area contributed by atoms with Gasteiger partial charge in [-0.2, -0.15) is 0 Å². The van der Waals surface area contributed by atoms with Crippen molar-refractivity contribution < 1.29 is 18.5 Å². The minimum atomic E-state index is -0.526. The number of ether oxygens (including phenoxy) is 1. The number of nitro benzene ring substituents is 1. The molecule has 4 rings (SSSR count). The van der Waals surface area contributed by atoms with Gasteiger partial charge in [0.05, 0.1) is 17.1 Å². The number of aromatic nitrogens is 1. The fourth-order valence-corrected chi connectivity index (χ4v) is 3.05. The zero-order chi connectivity index (χ0) is 19.8. The molecule has 8 heteroatoms. The normalized spacial score (nSPS) is 11.0. The Bertz CT molecular complexity index is 1220. The van der Waals surface area contributed by atoms with Crippen molar-refractivity contribution in [2.75, 3.05) is 7.11 Å². The van der Waals surface area contributed by atoms with Crippen LogP contribution < -0.4 is 4.74 Å². The van der Waals surface area contributed by atoms with E-state index in [2.05, 4.69) is 4.98 Å². The molecule has 0 aliphatic rings. The number of rotatable bonds is 4. The van der Waals surface area contributed by atoms with Crippen LogP contribution in [-0.2, 0) is 0 Å². The highest BCUT2D eigenvalue weighted by atomic mass is 35.5. The van der Waals surface area contributed by atoms with Crippen LogP contribution in [0.3, 0.4) is 0 Å². The van der Waals surface area contributed by atoms with Gasteiger partial charge < -0.3 is 9.15 Å². The van der Waals surface area contributed by atoms with E-state index in [1.54, 1.807) is 30.3 Å². The van der Waals surface area contributed by atoms with Crippen molar-refractivity contribution >= 4 is 28.4 Å². The number of fused-ring (bicyclic) bond motifs is 1. The fraction of sp³-hybridized carbons (Fsp3) is 0.0500. The number of methoxy groups -OCH3 is 1. The highest BCUT2D eigenvalue weighted by Gasteiger charge is 2.18. The first-order chi connectivity index (χ1) is 13.5. The van der Waals surface area contributed by atoms with E-state index in [9.17, 15) is 14.5 Å². The number of benzene rings is 3. The first-order valence-electron chi connectivity index (χ1n) is 8.15. The molecule has 0 amide bonds. The number of oxazole rings is 1. The molecule has 0 saturated heterocycles. The minimum Gasteiger partial charge on any atom is -0.490 e. The maximum Gasteiger partial charge on any atom is 0.311 e. The largest absolute Gasteiger partial charge is 0.490 e. The Morgan fingerprint density at radius 2 is 1.79 bits per heavy atom. The Hall–Kier alpha value is -3.45. The first kappa shape index (κ1) is 17.9. The van der Waals surface area contributed by atoms with Crippen molar-refractivity contribution in [3.8, 4) is 28.3 Å². The molecule has 140 valence electrons. The molecule has 4 aromatic rings. The smallest absolute Gasteiger partial charge is 0.311 e. The maximum absolute atomic E-state index is 13.4. The zero-order valence-corrected chi connectivity index (χ0v) is 15.2. The van der Waals surface area contributed by atoms with Crippen LogP contribution in [0, 0.1) is 15.9 Å². The Morgan fingerprint density at radius 1 is 1.07 bits per heavy atom. The quantitative estimate of drug-likeness (QED) is 0.317. The van der Waals surface area contributed by atoms with Crippen molar-refractivity contribution in [1.29, 1.82) is 0 Å². The highest BCUT2D eigenvalue weighted by molar-refractivity contribution is 6.31. The second-order valence-corrected chi connectivity index (χ2v) is 6.38. The Labute approximate surface area is 163 Å². The predicted molar refractivity (Wildman–Crippen MR) is 103 cm³/mol. The van der Waals surface area contributed by atoms with Crippen molar-refractivity contribution in [2.24, 2.45) is 0 Å². The molecular formula is C20H12ClFN2O4. The molecule has 28 heavy (non-hydrogen) atoms. The number of hydrogen-bond donors (Lipinski definition) is 0. The van der Waals surface area contributed by atoms with Crippen molar-refractivity contribution in [2.45, 2.75) is 0 Å². The number of nitro groups is 1. The molecule has 0 bridgehead atoms. The molecule has 0 fully saturated rings. The van der Waals surface area contributed by atoms with Crippen LogP contribution in [0.4, 0.5) is 10.1 Å². The molecule has 0 aliphatic carbocycles. The van der Waals surface area contributed by atoms with Crippen LogP contribution in [0.25, 0.3) is 33.7 Å². The molecule has 0 spiro atoms. The average molecular weight is 399 g/mol. The van der Waals surface area contributed by atoms with Gasteiger partial charge in [-0.1, -0.05) is 23.7 Å². The topological polar surface area (TPSA) is 78.4 Å². The van der Waals surface area contributed by atoms with Gasteiger partial charge in [0.2, 0.25) is 5.89 Å². The van der Waals surface area contributed by atoms with Crippen LogP contribution in [0.5, 0.6) is 5.75 Å². The molecule has 1 aromatic heterocycles. The van der Waals surface area contributed by atoms with Gasteiger partial charge in [0.25, 0.3) is 0 Å². The van der Waals surface area contributed by atoms with Gasteiger partial charge in [-0.25, -0.2) is 9.37 Å². The number of halogens is 2. The Morgan fingerprint density at radius 3 is 2.50 bits per heavy atom. The molecule has 0 unspecified atom stereocenters. The molecule has 0 saturated carbocycles. The second kappa shape index (κ2) is 6.94. The van der Waals surface area contributed by atoms with E-state index < -0.39 is 10.7 Å².